The molecule has 1 fully saturated rings. The molecule has 1 aliphatic heterocycles. The first-order valence-corrected chi connectivity index (χ1v) is 8.52. The van der Waals surface area contributed by atoms with Gasteiger partial charge in [-0.3, -0.25) is 14.5 Å². The van der Waals surface area contributed by atoms with Crippen molar-refractivity contribution in [2.24, 2.45) is 0 Å². The summed E-state index contributed by atoms with van der Waals surface area (Å²) in [6.45, 7) is 2.66. The van der Waals surface area contributed by atoms with Crippen LogP contribution in [0.4, 0.5) is 0 Å². The summed E-state index contributed by atoms with van der Waals surface area (Å²) >= 11 is 0. The van der Waals surface area contributed by atoms with Gasteiger partial charge in [0.05, 0.1) is 25.9 Å². The van der Waals surface area contributed by atoms with Gasteiger partial charge in [-0.15, -0.1) is 0 Å². The summed E-state index contributed by atoms with van der Waals surface area (Å²) in [4.78, 5) is 26.9. The highest BCUT2D eigenvalue weighted by Gasteiger charge is 2.26. The second-order valence-corrected chi connectivity index (χ2v) is 6.20. The maximum Gasteiger partial charge on any atom is 0.317 e. The summed E-state index contributed by atoms with van der Waals surface area (Å²) in [6.07, 6.45) is -0.210. The van der Waals surface area contributed by atoms with Crippen LogP contribution in [0.15, 0.2) is 24.3 Å². The van der Waals surface area contributed by atoms with Crippen molar-refractivity contribution in [2.45, 2.75) is 6.10 Å². The molecule has 144 valence electrons. The number of carbonyl (C=O) groups is 2. The molecule has 0 aliphatic carbocycles. The Bertz CT molecular complexity index is 609. The molecule has 8 nitrogen and oxygen atoms in total. The van der Waals surface area contributed by atoms with E-state index in [0.717, 1.165) is 0 Å². The number of amides is 1. The Morgan fingerprint density at radius 1 is 1.38 bits per heavy atom. The number of aliphatic carboxylic acids is 1. The number of likely N-dealkylation sites (N-methyl/N-ethyl adjacent to an activating group) is 1. The Morgan fingerprint density at radius 3 is 2.92 bits per heavy atom. The first-order chi connectivity index (χ1) is 12.5. The SMILES string of the molecule is COCCOc1cccc(C(=O)N2CCOC(CN(C)CC(=O)O)C2)c1. The van der Waals surface area contributed by atoms with E-state index < -0.39 is 5.97 Å². The summed E-state index contributed by atoms with van der Waals surface area (Å²) in [5.74, 6) is -0.350. The predicted octanol–water partition coefficient (Wildman–Crippen LogP) is 0.569. The highest BCUT2D eigenvalue weighted by Crippen LogP contribution is 2.17. The number of methoxy groups -OCH3 is 1. The minimum Gasteiger partial charge on any atom is -0.491 e. The van der Waals surface area contributed by atoms with Gasteiger partial charge in [0.2, 0.25) is 0 Å². The molecule has 1 heterocycles. The van der Waals surface area contributed by atoms with Crippen LogP contribution in [-0.4, -0.2) is 93.0 Å². The third kappa shape index (κ3) is 6.29. The lowest BCUT2D eigenvalue weighted by Crippen LogP contribution is -2.49. The quantitative estimate of drug-likeness (QED) is 0.639. The molecule has 0 spiro atoms. The number of morpholine rings is 1. The van der Waals surface area contributed by atoms with Gasteiger partial charge in [0.15, 0.2) is 0 Å². The van der Waals surface area contributed by atoms with E-state index in [9.17, 15) is 9.59 Å². The van der Waals surface area contributed by atoms with Gasteiger partial charge in [-0.05, 0) is 25.2 Å². The van der Waals surface area contributed by atoms with Crippen molar-refractivity contribution in [2.75, 3.05) is 60.2 Å². The van der Waals surface area contributed by atoms with Gasteiger partial charge in [0.1, 0.15) is 12.4 Å². The lowest BCUT2D eigenvalue weighted by Gasteiger charge is -2.34. The zero-order valence-electron chi connectivity index (χ0n) is 15.2. The van der Waals surface area contributed by atoms with Gasteiger partial charge in [-0.2, -0.15) is 0 Å². The molecule has 8 heteroatoms. The molecular formula is C18H26N2O6. The third-order valence-corrected chi connectivity index (χ3v) is 3.98. The largest absolute Gasteiger partial charge is 0.491 e. The lowest BCUT2D eigenvalue weighted by atomic mass is 10.1. The molecule has 1 aromatic rings. The maximum atomic E-state index is 12.8. The Kier molecular flexibility index (Phi) is 7.83. The van der Waals surface area contributed by atoms with Crippen LogP contribution in [0.2, 0.25) is 0 Å². The number of carboxylic acid groups (broad SMARTS) is 1. The standard InChI is InChI=1S/C18H26N2O6/c1-19(13-17(21)22)11-16-12-20(6-7-25-16)18(23)14-4-3-5-15(10-14)26-9-8-24-2/h3-5,10,16H,6-9,11-13H2,1-2H3,(H,21,22). The van der Waals surface area contributed by atoms with Gasteiger partial charge in [0, 0.05) is 32.3 Å². The number of ether oxygens (including phenoxy) is 3. The van der Waals surface area contributed by atoms with Gasteiger partial charge in [-0.25, -0.2) is 0 Å². The first-order valence-electron chi connectivity index (χ1n) is 8.52. The number of rotatable bonds is 9. The number of hydrogen-bond donors (Lipinski definition) is 1. The van der Waals surface area contributed by atoms with Crippen molar-refractivity contribution in [3.05, 3.63) is 29.8 Å². The van der Waals surface area contributed by atoms with Gasteiger partial charge in [-0.1, -0.05) is 6.07 Å². The van der Waals surface area contributed by atoms with Gasteiger partial charge in [0.25, 0.3) is 5.91 Å². The number of hydrogen-bond acceptors (Lipinski definition) is 6. The minimum absolute atomic E-state index is 0.0608. The molecule has 0 bridgehead atoms. The molecule has 1 N–H and O–H groups in total. The second kappa shape index (κ2) is 10.1. The summed E-state index contributed by atoms with van der Waals surface area (Å²) in [6, 6.07) is 7.06. The van der Waals surface area contributed by atoms with Crippen molar-refractivity contribution in [1.82, 2.24) is 9.80 Å². The van der Waals surface area contributed by atoms with E-state index in [0.29, 0.717) is 50.8 Å². The van der Waals surface area contributed by atoms with Crippen molar-refractivity contribution in [3.63, 3.8) is 0 Å². The molecule has 0 radical (unpaired) electrons. The molecule has 1 saturated heterocycles. The normalized spacial score (nSPS) is 17.3. The molecule has 1 aromatic carbocycles. The second-order valence-electron chi connectivity index (χ2n) is 6.20. The lowest BCUT2D eigenvalue weighted by molar-refractivity contribution is -0.138. The van der Waals surface area contributed by atoms with Gasteiger partial charge < -0.3 is 24.2 Å². The molecule has 1 aliphatic rings. The van der Waals surface area contributed by atoms with Crippen LogP contribution in [0.1, 0.15) is 10.4 Å². The topological polar surface area (TPSA) is 88.5 Å². The average molecular weight is 366 g/mol. The fourth-order valence-corrected chi connectivity index (χ4v) is 2.80. The summed E-state index contributed by atoms with van der Waals surface area (Å²) in [5, 5.41) is 8.84. The van der Waals surface area contributed by atoms with Crippen molar-refractivity contribution < 1.29 is 28.9 Å². The Balaban J connectivity index is 1.93. The summed E-state index contributed by atoms with van der Waals surface area (Å²) in [7, 11) is 3.32. The molecule has 0 aromatic heterocycles. The van der Waals surface area contributed by atoms with Crippen LogP contribution in [0, 0.1) is 0 Å². The molecule has 1 amide bonds. The van der Waals surface area contributed by atoms with E-state index in [1.807, 2.05) is 0 Å². The zero-order chi connectivity index (χ0) is 18.9. The first kappa shape index (κ1) is 20.2. The molecule has 1 unspecified atom stereocenters. The van der Waals surface area contributed by atoms with Crippen LogP contribution in [-0.2, 0) is 14.3 Å². The van der Waals surface area contributed by atoms with E-state index in [2.05, 4.69) is 0 Å². The molecule has 26 heavy (non-hydrogen) atoms. The number of nitrogens with zero attached hydrogens (tertiary/aromatic N) is 2. The molecule has 0 saturated carbocycles. The molecule has 1 atom stereocenters. The van der Waals surface area contributed by atoms with Crippen LogP contribution >= 0.6 is 0 Å². The van der Waals surface area contributed by atoms with Gasteiger partial charge >= 0.3 is 5.97 Å². The monoisotopic (exact) mass is 366 g/mol. The van der Waals surface area contributed by atoms with E-state index in [4.69, 9.17) is 19.3 Å². The highest BCUT2D eigenvalue weighted by molar-refractivity contribution is 5.94. The van der Waals surface area contributed by atoms with Crippen molar-refractivity contribution in [1.29, 1.82) is 0 Å². The predicted molar refractivity (Wildman–Crippen MR) is 94.6 cm³/mol. The molecular weight excluding hydrogens is 340 g/mol. The number of carboxylic acids is 1. The number of benzene rings is 1. The Labute approximate surface area is 153 Å². The highest BCUT2D eigenvalue weighted by atomic mass is 16.5. The summed E-state index contributed by atoms with van der Waals surface area (Å²) < 4.78 is 16.2. The van der Waals surface area contributed by atoms with E-state index >= 15 is 0 Å². The Morgan fingerprint density at radius 2 is 2.19 bits per heavy atom. The number of carbonyl (C=O) groups excluding carboxylic acids is 1. The van der Waals surface area contributed by atoms with Crippen LogP contribution in [0.3, 0.4) is 0 Å². The fourth-order valence-electron chi connectivity index (χ4n) is 2.80. The zero-order valence-corrected chi connectivity index (χ0v) is 15.2. The van der Waals surface area contributed by atoms with Crippen molar-refractivity contribution >= 4 is 11.9 Å². The smallest absolute Gasteiger partial charge is 0.317 e. The molecule has 2 rings (SSSR count). The van der Waals surface area contributed by atoms with Crippen LogP contribution in [0.5, 0.6) is 5.75 Å². The maximum absolute atomic E-state index is 12.8. The average Bonchev–Trinajstić information content (AvgIpc) is 2.61. The Hall–Kier alpha value is -2.16. The summed E-state index contributed by atoms with van der Waals surface area (Å²) in [5.41, 5.74) is 0.555. The van der Waals surface area contributed by atoms with E-state index in [1.54, 1.807) is 48.2 Å². The van der Waals surface area contributed by atoms with E-state index in [1.165, 1.54) is 0 Å². The third-order valence-electron chi connectivity index (χ3n) is 3.98. The van der Waals surface area contributed by atoms with Crippen LogP contribution in [0.25, 0.3) is 0 Å². The van der Waals surface area contributed by atoms with Crippen LogP contribution < -0.4 is 4.74 Å². The fraction of sp³-hybridized carbons (Fsp3) is 0.556. The van der Waals surface area contributed by atoms with E-state index in [-0.39, 0.29) is 18.6 Å². The van der Waals surface area contributed by atoms with Crippen molar-refractivity contribution in [3.8, 4) is 5.75 Å². The minimum atomic E-state index is -0.887.